The molecule has 4 nitrogen and oxygen atoms in total. The summed E-state index contributed by atoms with van der Waals surface area (Å²) < 4.78 is 13.1. The number of piperidine rings is 1. The van der Waals surface area contributed by atoms with E-state index < -0.39 is 0 Å². The van der Waals surface area contributed by atoms with Crippen LogP contribution in [0.15, 0.2) is 29.4 Å². The Balaban J connectivity index is 1.87. The molecule has 1 fully saturated rings. The van der Waals surface area contributed by atoms with Gasteiger partial charge in [0.05, 0.1) is 0 Å². The smallest absolute Gasteiger partial charge is 0.142 e. The van der Waals surface area contributed by atoms with Crippen molar-refractivity contribution < 1.29 is 9.60 Å². The van der Waals surface area contributed by atoms with E-state index in [4.69, 9.17) is 10.9 Å². The third-order valence-electron chi connectivity index (χ3n) is 3.42. The quantitative estimate of drug-likeness (QED) is 0.372. The summed E-state index contributed by atoms with van der Waals surface area (Å²) in [6, 6.07) is 6.68. The lowest BCUT2D eigenvalue weighted by Crippen LogP contribution is -2.38. The average molecular weight is 251 g/mol. The van der Waals surface area contributed by atoms with Crippen LogP contribution in [-0.4, -0.2) is 29.0 Å². The van der Waals surface area contributed by atoms with Gasteiger partial charge in [-0.25, -0.2) is 4.39 Å². The van der Waals surface area contributed by atoms with Gasteiger partial charge in [0.2, 0.25) is 0 Å². The average Bonchev–Trinajstić information content (AvgIpc) is 2.39. The number of benzene rings is 1. The van der Waals surface area contributed by atoms with Gasteiger partial charge in [0.15, 0.2) is 0 Å². The van der Waals surface area contributed by atoms with Crippen LogP contribution in [-0.2, 0) is 6.54 Å². The second-order valence-corrected chi connectivity index (χ2v) is 4.71. The molecule has 2 rings (SSSR count). The van der Waals surface area contributed by atoms with Crippen LogP contribution in [0.2, 0.25) is 0 Å². The lowest BCUT2D eigenvalue weighted by molar-refractivity contribution is 0.198. The number of amidine groups is 1. The molecule has 1 saturated heterocycles. The Morgan fingerprint density at radius 3 is 2.78 bits per heavy atom. The van der Waals surface area contributed by atoms with Crippen LogP contribution in [0, 0.1) is 11.7 Å². The summed E-state index contributed by atoms with van der Waals surface area (Å²) in [6.07, 6.45) is 1.76. The van der Waals surface area contributed by atoms with Gasteiger partial charge in [-0.05, 0) is 43.6 Å². The number of halogens is 1. The highest BCUT2D eigenvalue weighted by atomic mass is 19.1. The van der Waals surface area contributed by atoms with Crippen LogP contribution in [0.1, 0.15) is 18.4 Å². The Labute approximate surface area is 106 Å². The Kier molecular flexibility index (Phi) is 4.15. The maximum Gasteiger partial charge on any atom is 0.142 e. The molecule has 3 N–H and O–H groups in total. The molecule has 0 aliphatic carbocycles. The summed E-state index contributed by atoms with van der Waals surface area (Å²) in [5.41, 5.74) is 6.58. The minimum absolute atomic E-state index is 0.166. The van der Waals surface area contributed by atoms with Crippen molar-refractivity contribution in [3.8, 4) is 0 Å². The van der Waals surface area contributed by atoms with Crippen molar-refractivity contribution in [1.29, 1.82) is 0 Å². The van der Waals surface area contributed by atoms with E-state index in [1.165, 1.54) is 6.07 Å². The lowest BCUT2D eigenvalue weighted by atomic mass is 9.95. The van der Waals surface area contributed by atoms with Gasteiger partial charge >= 0.3 is 0 Å². The van der Waals surface area contributed by atoms with Gasteiger partial charge in [-0.15, -0.1) is 0 Å². The summed E-state index contributed by atoms with van der Waals surface area (Å²) >= 11 is 0. The van der Waals surface area contributed by atoms with Gasteiger partial charge in [0, 0.05) is 12.5 Å². The largest absolute Gasteiger partial charge is 0.409 e. The molecule has 1 aromatic rings. The molecule has 0 atom stereocenters. The molecular formula is C13H18FN3O. The summed E-state index contributed by atoms with van der Waals surface area (Å²) in [7, 11) is 0. The predicted molar refractivity (Wildman–Crippen MR) is 67.8 cm³/mol. The zero-order chi connectivity index (χ0) is 13.0. The third kappa shape index (κ3) is 3.20. The van der Waals surface area contributed by atoms with Crippen molar-refractivity contribution in [2.24, 2.45) is 16.8 Å². The number of rotatable bonds is 3. The second-order valence-electron chi connectivity index (χ2n) is 4.71. The maximum atomic E-state index is 13.1. The van der Waals surface area contributed by atoms with E-state index in [0.717, 1.165) is 38.0 Å². The molecular weight excluding hydrogens is 233 g/mol. The van der Waals surface area contributed by atoms with Crippen molar-refractivity contribution in [2.75, 3.05) is 13.1 Å². The van der Waals surface area contributed by atoms with Gasteiger partial charge < -0.3 is 10.9 Å². The van der Waals surface area contributed by atoms with E-state index >= 15 is 0 Å². The molecule has 5 heteroatoms. The summed E-state index contributed by atoms with van der Waals surface area (Å²) in [5, 5.41) is 11.7. The summed E-state index contributed by atoms with van der Waals surface area (Å²) in [5.74, 6) is 0.290. The monoisotopic (exact) mass is 251 g/mol. The molecule has 0 amide bonds. The number of nitrogens with two attached hydrogens (primary N) is 1. The van der Waals surface area contributed by atoms with E-state index in [9.17, 15) is 4.39 Å². The van der Waals surface area contributed by atoms with Crippen LogP contribution in [0.3, 0.4) is 0 Å². The normalized spacial score (nSPS) is 19.1. The Bertz CT molecular complexity index is 428. The number of likely N-dealkylation sites (tertiary alicyclic amines) is 1. The number of hydrogen-bond donors (Lipinski definition) is 2. The Morgan fingerprint density at radius 2 is 2.17 bits per heavy atom. The van der Waals surface area contributed by atoms with Crippen LogP contribution in [0.25, 0.3) is 0 Å². The molecule has 0 spiro atoms. The van der Waals surface area contributed by atoms with Crippen LogP contribution >= 0.6 is 0 Å². The molecule has 0 radical (unpaired) electrons. The molecule has 18 heavy (non-hydrogen) atoms. The second kappa shape index (κ2) is 5.82. The Morgan fingerprint density at radius 1 is 1.44 bits per heavy atom. The van der Waals surface area contributed by atoms with E-state index in [-0.39, 0.29) is 11.7 Å². The first-order valence-electron chi connectivity index (χ1n) is 6.13. The first-order valence-corrected chi connectivity index (χ1v) is 6.13. The van der Waals surface area contributed by atoms with Gasteiger partial charge in [-0.2, -0.15) is 0 Å². The number of hydrogen-bond acceptors (Lipinski definition) is 3. The SMILES string of the molecule is NC(=NO)C1CCN(Cc2cccc(F)c2)CC1. The first-order chi connectivity index (χ1) is 8.69. The van der Waals surface area contributed by atoms with Crippen LogP contribution in [0.4, 0.5) is 4.39 Å². The highest BCUT2D eigenvalue weighted by molar-refractivity contribution is 5.82. The highest BCUT2D eigenvalue weighted by Gasteiger charge is 2.22. The van der Waals surface area contributed by atoms with Gasteiger partial charge in [-0.3, -0.25) is 4.90 Å². The minimum Gasteiger partial charge on any atom is -0.409 e. The van der Waals surface area contributed by atoms with Crippen LogP contribution < -0.4 is 5.73 Å². The molecule has 98 valence electrons. The van der Waals surface area contributed by atoms with E-state index in [0.29, 0.717) is 5.84 Å². The zero-order valence-corrected chi connectivity index (χ0v) is 10.2. The number of nitrogens with zero attached hydrogens (tertiary/aromatic N) is 2. The van der Waals surface area contributed by atoms with E-state index in [2.05, 4.69) is 10.1 Å². The fourth-order valence-electron chi connectivity index (χ4n) is 2.36. The van der Waals surface area contributed by atoms with E-state index in [1.54, 1.807) is 12.1 Å². The van der Waals surface area contributed by atoms with Crippen molar-refractivity contribution >= 4 is 5.84 Å². The molecule has 0 saturated carbocycles. The highest BCUT2D eigenvalue weighted by Crippen LogP contribution is 2.19. The fourth-order valence-corrected chi connectivity index (χ4v) is 2.36. The van der Waals surface area contributed by atoms with Gasteiger partial charge in [0.1, 0.15) is 11.7 Å². The summed E-state index contributed by atoms with van der Waals surface area (Å²) in [4.78, 5) is 2.26. The third-order valence-corrected chi connectivity index (χ3v) is 3.42. The van der Waals surface area contributed by atoms with Crippen molar-refractivity contribution in [3.05, 3.63) is 35.6 Å². The summed E-state index contributed by atoms with van der Waals surface area (Å²) in [6.45, 7) is 2.52. The molecule has 1 aliphatic heterocycles. The number of oxime groups is 1. The van der Waals surface area contributed by atoms with Gasteiger partial charge in [-0.1, -0.05) is 17.3 Å². The first kappa shape index (κ1) is 12.8. The zero-order valence-electron chi connectivity index (χ0n) is 10.2. The molecule has 0 unspecified atom stereocenters. The standard InChI is InChI=1S/C13H18FN3O/c14-12-3-1-2-10(8-12)9-17-6-4-11(5-7-17)13(15)16-18/h1-3,8,11,18H,4-7,9H2,(H2,15,16). The van der Waals surface area contributed by atoms with Gasteiger partial charge in [0.25, 0.3) is 0 Å². The maximum absolute atomic E-state index is 13.1. The molecule has 0 bridgehead atoms. The van der Waals surface area contributed by atoms with Crippen molar-refractivity contribution in [3.63, 3.8) is 0 Å². The molecule has 0 aromatic heterocycles. The minimum atomic E-state index is -0.195. The molecule has 1 heterocycles. The van der Waals surface area contributed by atoms with Crippen molar-refractivity contribution in [1.82, 2.24) is 4.90 Å². The predicted octanol–water partition coefficient (Wildman–Crippen LogP) is 1.78. The molecule has 1 aliphatic rings. The fraction of sp³-hybridized carbons (Fsp3) is 0.462. The van der Waals surface area contributed by atoms with E-state index in [1.807, 2.05) is 6.07 Å². The molecule has 1 aromatic carbocycles. The lowest BCUT2D eigenvalue weighted by Gasteiger charge is -2.31. The van der Waals surface area contributed by atoms with Crippen molar-refractivity contribution in [2.45, 2.75) is 19.4 Å². The van der Waals surface area contributed by atoms with Crippen LogP contribution in [0.5, 0.6) is 0 Å². The topological polar surface area (TPSA) is 61.9 Å². The Hall–Kier alpha value is -1.62.